The lowest BCUT2D eigenvalue weighted by Crippen LogP contribution is -2.65. The van der Waals surface area contributed by atoms with Gasteiger partial charge >= 0.3 is 5.97 Å². The molecule has 11 N–H and O–H groups in total. The van der Waals surface area contributed by atoms with E-state index >= 15 is 0 Å². The van der Waals surface area contributed by atoms with Crippen LogP contribution in [0.5, 0.6) is 0 Å². The van der Waals surface area contributed by atoms with Gasteiger partial charge < -0.3 is 89.3 Å². The average Bonchev–Trinajstić information content (AvgIpc) is 3.62. The molecule has 0 radical (unpaired) electrons. The summed E-state index contributed by atoms with van der Waals surface area (Å²) in [6, 6.07) is 6.72. The zero-order valence-electron chi connectivity index (χ0n) is 32.1. The fourth-order valence-electron chi connectivity index (χ4n) is 8.23. The first-order valence-electron chi connectivity index (χ1n) is 19.5. The Bertz CT molecular complexity index is 1530. The largest absolute Gasteiger partial charge is 0.480 e. The minimum absolute atomic E-state index is 0.0499. The number of morpholine rings is 1. The van der Waals surface area contributed by atoms with Crippen LogP contribution in [0.15, 0.2) is 29.8 Å². The van der Waals surface area contributed by atoms with Crippen molar-refractivity contribution >= 4 is 12.0 Å². The first kappa shape index (κ1) is 45.2. The van der Waals surface area contributed by atoms with Gasteiger partial charge in [0, 0.05) is 6.54 Å². The van der Waals surface area contributed by atoms with E-state index in [1.54, 1.807) is 18.7 Å². The molecule has 4 fully saturated rings. The fourth-order valence-corrected chi connectivity index (χ4v) is 8.23. The van der Waals surface area contributed by atoms with Gasteiger partial charge in [-0.2, -0.15) is 0 Å². The molecule has 58 heavy (non-hydrogen) atoms. The zero-order valence-corrected chi connectivity index (χ0v) is 32.1. The summed E-state index contributed by atoms with van der Waals surface area (Å²) in [5.41, 5.74) is 3.00. The molecule has 20 heteroatoms. The summed E-state index contributed by atoms with van der Waals surface area (Å²) in [7, 11) is 0. The number of carboxylic acid groups (broad SMARTS) is 1. The number of hydrogen-bond donors (Lipinski definition) is 11. The number of ether oxygens (including phenoxy) is 7. The van der Waals surface area contributed by atoms with Gasteiger partial charge in [0.2, 0.25) is 0 Å². The second-order valence-electron chi connectivity index (χ2n) is 15.9. The molecule has 4 aliphatic heterocycles. The van der Waals surface area contributed by atoms with Crippen LogP contribution in [0.4, 0.5) is 0 Å². The van der Waals surface area contributed by atoms with Crippen molar-refractivity contribution in [3.8, 4) is 0 Å². The van der Waals surface area contributed by atoms with Crippen LogP contribution in [-0.4, -0.2) is 217 Å². The van der Waals surface area contributed by atoms with Crippen molar-refractivity contribution < 1.29 is 94.1 Å². The highest BCUT2D eigenvalue weighted by molar-refractivity contribution is 5.75. The Labute approximate surface area is 334 Å². The minimum Gasteiger partial charge on any atom is -0.480 e. The van der Waals surface area contributed by atoms with Crippen molar-refractivity contribution in [2.75, 3.05) is 39.5 Å². The Hall–Kier alpha value is -2.29. The van der Waals surface area contributed by atoms with Gasteiger partial charge in [0.1, 0.15) is 79.3 Å². The van der Waals surface area contributed by atoms with Gasteiger partial charge in [-0.05, 0) is 29.9 Å². The second-order valence-corrected chi connectivity index (χ2v) is 15.9. The van der Waals surface area contributed by atoms with Crippen molar-refractivity contribution in [1.82, 2.24) is 4.90 Å². The van der Waals surface area contributed by atoms with Gasteiger partial charge in [0.05, 0.1) is 45.2 Å². The summed E-state index contributed by atoms with van der Waals surface area (Å²) >= 11 is 0. The molecule has 4 heterocycles. The van der Waals surface area contributed by atoms with Crippen molar-refractivity contribution in [3.63, 3.8) is 0 Å². The standard InChI is InChI=1S/C38H57NO19/c1-16(2)33-31(48)34(58-38-30(47)29(46)26(43)22(13-41)56-38)28(45)24(54-33)15-52-37-32(49)35(27(44)23(14-42)55-37)57-25-11-39(10-20(12-40)53-25)21(36(50)51)9-17-7-18-5-3-4-6-19(18)8-17/h3-7,16,20-35,37-38,40-49H,8-15H2,1-2H3,(H,50,51)/t20?,21-,22?,23?,24?,25?,26?,27?,28?,29?,30?,31?,32?,33?,34?,35?,37?,38?/m0/s1. The van der Waals surface area contributed by atoms with E-state index in [9.17, 15) is 61.0 Å². The van der Waals surface area contributed by atoms with Crippen molar-refractivity contribution in [1.29, 1.82) is 0 Å². The molecule has 20 nitrogen and oxygen atoms in total. The van der Waals surface area contributed by atoms with Crippen LogP contribution in [0.3, 0.4) is 0 Å². The van der Waals surface area contributed by atoms with Crippen LogP contribution < -0.4 is 0 Å². The molecule has 0 spiro atoms. The number of aliphatic hydroxyl groups excluding tert-OH is 10. The van der Waals surface area contributed by atoms with Crippen LogP contribution in [0.1, 0.15) is 31.4 Å². The molecule has 6 rings (SSSR count). The van der Waals surface area contributed by atoms with E-state index < -0.39 is 143 Å². The number of aliphatic hydroxyl groups is 10. The maximum atomic E-state index is 12.6. The Morgan fingerprint density at radius 3 is 2.05 bits per heavy atom. The van der Waals surface area contributed by atoms with E-state index in [-0.39, 0.29) is 25.4 Å². The summed E-state index contributed by atoms with van der Waals surface area (Å²) in [4.78, 5) is 14.2. The summed E-state index contributed by atoms with van der Waals surface area (Å²) in [5, 5.41) is 116. The molecule has 0 aromatic heterocycles. The first-order chi connectivity index (χ1) is 27.6. The number of rotatable bonds is 15. The highest BCUT2D eigenvalue weighted by Gasteiger charge is 2.53. The molecular weight excluding hydrogens is 774 g/mol. The maximum Gasteiger partial charge on any atom is 0.321 e. The molecule has 1 aliphatic carbocycles. The summed E-state index contributed by atoms with van der Waals surface area (Å²) in [6.07, 6.45) is -22.7. The van der Waals surface area contributed by atoms with Crippen LogP contribution in [0, 0.1) is 5.92 Å². The van der Waals surface area contributed by atoms with E-state index in [4.69, 9.17) is 33.2 Å². The predicted molar refractivity (Wildman–Crippen MR) is 194 cm³/mol. The molecule has 1 aromatic rings. The lowest BCUT2D eigenvalue weighted by atomic mass is 9.89. The van der Waals surface area contributed by atoms with E-state index in [0.717, 1.165) is 16.7 Å². The molecule has 17 unspecified atom stereocenters. The molecular formula is C38H57NO19. The zero-order chi connectivity index (χ0) is 42.0. The fraction of sp³-hybridized carbons (Fsp3) is 0.763. The minimum atomic E-state index is -1.83. The van der Waals surface area contributed by atoms with E-state index in [0.29, 0.717) is 6.42 Å². The normalized spacial score (nSPS) is 41.6. The van der Waals surface area contributed by atoms with E-state index in [2.05, 4.69) is 0 Å². The second kappa shape index (κ2) is 19.6. The predicted octanol–water partition coefficient (Wildman–Crippen LogP) is -4.34. The first-order valence-corrected chi connectivity index (χ1v) is 19.5. The number of hydrogen-bond acceptors (Lipinski definition) is 19. The third kappa shape index (κ3) is 9.75. The highest BCUT2D eigenvalue weighted by atomic mass is 16.7. The van der Waals surface area contributed by atoms with Crippen molar-refractivity contribution in [2.45, 2.75) is 137 Å². The molecule has 0 saturated carbocycles. The van der Waals surface area contributed by atoms with Gasteiger partial charge in [0.25, 0.3) is 0 Å². The molecule has 0 amide bonds. The smallest absolute Gasteiger partial charge is 0.321 e. The van der Waals surface area contributed by atoms with Gasteiger partial charge in [-0.25, -0.2) is 0 Å². The third-order valence-electron chi connectivity index (χ3n) is 11.5. The monoisotopic (exact) mass is 831 g/mol. The topological polar surface area (TPSA) is 307 Å². The van der Waals surface area contributed by atoms with Crippen LogP contribution >= 0.6 is 0 Å². The Morgan fingerprint density at radius 1 is 0.741 bits per heavy atom. The van der Waals surface area contributed by atoms with Gasteiger partial charge in [-0.15, -0.1) is 0 Å². The molecule has 5 aliphatic rings. The number of carboxylic acids is 1. The summed E-state index contributed by atoms with van der Waals surface area (Å²) < 4.78 is 40.7. The van der Waals surface area contributed by atoms with E-state index in [1.807, 2.05) is 30.3 Å². The maximum absolute atomic E-state index is 12.6. The lowest BCUT2D eigenvalue weighted by Gasteiger charge is -2.48. The summed E-state index contributed by atoms with van der Waals surface area (Å²) in [5.74, 6) is -1.48. The molecule has 328 valence electrons. The molecule has 18 atom stereocenters. The van der Waals surface area contributed by atoms with Crippen molar-refractivity contribution in [2.24, 2.45) is 5.92 Å². The summed E-state index contributed by atoms with van der Waals surface area (Å²) in [6.45, 7) is 0.852. The van der Waals surface area contributed by atoms with E-state index in [1.165, 1.54) is 0 Å². The van der Waals surface area contributed by atoms with Crippen LogP contribution in [-0.2, 0) is 44.4 Å². The van der Waals surface area contributed by atoms with Crippen molar-refractivity contribution in [3.05, 3.63) is 41.0 Å². The number of carbonyl (C=O) groups is 1. The molecule has 1 aromatic carbocycles. The molecule has 4 saturated heterocycles. The third-order valence-corrected chi connectivity index (χ3v) is 11.5. The van der Waals surface area contributed by atoms with Crippen LogP contribution in [0.25, 0.3) is 6.08 Å². The average molecular weight is 832 g/mol. The van der Waals surface area contributed by atoms with Gasteiger partial charge in [0.15, 0.2) is 18.9 Å². The number of aliphatic carboxylic acids is 1. The molecule has 0 bridgehead atoms. The Balaban J connectivity index is 1.13. The number of fused-ring (bicyclic) bond motifs is 1. The SMILES string of the molecule is CC(C)C1OC(COC2OC(CO)C(O)C(OC3CN([C@@H](CC4=Cc5ccccc5C4)C(=O)O)CC(CO)O3)C2O)C(O)C(OC2OC(CO)C(O)C(O)C2O)C1O. The number of nitrogens with zero attached hydrogens (tertiary/aromatic N) is 1. The van der Waals surface area contributed by atoms with Crippen LogP contribution in [0.2, 0.25) is 0 Å². The number of benzene rings is 1. The Kier molecular flexibility index (Phi) is 15.3. The van der Waals surface area contributed by atoms with Gasteiger partial charge in [-0.1, -0.05) is 49.8 Å². The lowest BCUT2D eigenvalue weighted by molar-refractivity contribution is -0.354. The quantitative estimate of drug-likeness (QED) is 0.0796. The Morgan fingerprint density at radius 2 is 1.40 bits per heavy atom. The van der Waals surface area contributed by atoms with Gasteiger partial charge in [-0.3, -0.25) is 9.69 Å². The highest BCUT2D eigenvalue weighted by Crippen LogP contribution is 2.34.